The molecule has 3 rings (SSSR count). The Morgan fingerprint density at radius 1 is 1.14 bits per heavy atom. The second-order valence-electron chi connectivity index (χ2n) is 6.59. The van der Waals surface area contributed by atoms with Crippen molar-refractivity contribution >= 4 is 27.6 Å². The summed E-state index contributed by atoms with van der Waals surface area (Å²) in [6, 6.07) is 10.7. The molecule has 1 aliphatic heterocycles. The van der Waals surface area contributed by atoms with E-state index in [2.05, 4.69) is 0 Å². The molecule has 2 aromatic rings. The van der Waals surface area contributed by atoms with Gasteiger partial charge in [-0.25, -0.2) is 13.2 Å². The number of nitrogens with zero attached hydrogens (tertiary/aromatic N) is 2. The molecule has 0 N–H and O–H groups in total. The smallest absolute Gasteiger partial charge is 0.343 e. The molecule has 0 bridgehead atoms. The molecule has 28 heavy (non-hydrogen) atoms. The number of ether oxygens (including phenoxy) is 1. The van der Waals surface area contributed by atoms with Gasteiger partial charge >= 0.3 is 5.97 Å². The van der Waals surface area contributed by atoms with E-state index in [0.717, 1.165) is 19.3 Å². The largest absolute Gasteiger partial charge is 0.421 e. The molecule has 1 saturated heterocycles. The van der Waals surface area contributed by atoms with Crippen molar-refractivity contribution in [2.45, 2.75) is 31.1 Å². The summed E-state index contributed by atoms with van der Waals surface area (Å²) in [5.74, 6) is -0.617. The van der Waals surface area contributed by atoms with Crippen molar-refractivity contribution in [1.82, 2.24) is 4.31 Å². The van der Waals surface area contributed by atoms with Gasteiger partial charge in [-0.15, -0.1) is 0 Å². The second kappa shape index (κ2) is 8.31. The summed E-state index contributed by atoms with van der Waals surface area (Å²) in [4.78, 5) is 12.6. The highest BCUT2D eigenvalue weighted by Crippen LogP contribution is 2.28. The van der Waals surface area contributed by atoms with Crippen LogP contribution in [-0.2, 0) is 10.0 Å². The molecule has 0 aromatic heterocycles. The molecular weight excluding hydrogens is 400 g/mol. The van der Waals surface area contributed by atoms with Crippen molar-refractivity contribution < 1.29 is 17.9 Å². The Kier molecular flexibility index (Phi) is 6.04. The molecule has 6 nitrogen and oxygen atoms in total. The van der Waals surface area contributed by atoms with E-state index in [1.807, 2.05) is 6.07 Å². The molecule has 0 radical (unpaired) electrons. The maximum atomic E-state index is 13.0. The Bertz CT molecular complexity index is 1050. The van der Waals surface area contributed by atoms with Crippen molar-refractivity contribution in [3.8, 4) is 11.8 Å². The maximum Gasteiger partial charge on any atom is 0.343 e. The number of aryl methyl sites for hydroxylation is 1. The number of halogens is 1. The highest BCUT2D eigenvalue weighted by atomic mass is 35.5. The van der Waals surface area contributed by atoms with Gasteiger partial charge in [-0.3, -0.25) is 0 Å². The van der Waals surface area contributed by atoms with Crippen LogP contribution in [0.25, 0.3) is 0 Å². The van der Waals surface area contributed by atoms with Crippen LogP contribution in [0.3, 0.4) is 0 Å². The van der Waals surface area contributed by atoms with Crippen molar-refractivity contribution in [3.05, 3.63) is 58.1 Å². The highest BCUT2D eigenvalue weighted by molar-refractivity contribution is 7.89. The lowest BCUT2D eigenvalue weighted by molar-refractivity contribution is 0.0734. The number of nitriles is 1. The van der Waals surface area contributed by atoms with Crippen LogP contribution in [-0.4, -0.2) is 31.8 Å². The van der Waals surface area contributed by atoms with Crippen LogP contribution in [0.5, 0.6) is 5.75 Å². The SMILES string of the molecule is Cc1ccc(C(=O)Oc2ccc(C#N)cc2Cl)cc1S(=O)(=O)N1CCCCC1. The Labute approximate surface area is 169 Å². The number of carbonyl (C=O) groups excluding carboxylic acids is 1. The zero-order chi connectivity index (χ0) is 20.3. The number of piperidine rings is 1. The topological polar surface area (TPSA) is 87.5 Å². The zero-order valence-corrected chi connectivity index (χ0v) is 16.9. The van der Waals surface area contributed by atoms with Crippen LogP contribution < -0.4 is 4.74 Å². The van der Waals surface area contributed by atoms with Gasteiger partial charge < -0.3 is 4.74 Å². The van der Waals surface area contributed by atoms with Gasteiger partial charge in [0, 0.05) is 13.1 Å². The molecule has 0 amide bonds. The number of rotatable bonds is 4. The molecule has 1 aliphatic rings. The van der Waals surface area contributed by atoms with E-state index < -0.39 is 16.0 Å². The van der Waals surface area contributed by atoms with Gasteiger partial charge in [0.1, 0.15) is 5.75 Å². The normalized spacial score (nSPS) is 15.0. The summed E-state index contributed by atoms with van der Waals surface area (Å²) in [5.41, 5.74) is 1.02. The first kappa shape index (κ1) is 20.3. The van der Waals surface area contributed by atoms with Gasteiger partial charge in [-0.1, -0.05) is 24.1 Å². The predicted molar refractivity (Wildman–Crippen MR) is 105 cm³/mol. The number of benzene rings is 2. The van der Waals surface area contributed by atoms with Gasteiger partial charge in [0.2, 0.25) is 10.0 Å². The van der Waals surface area contributed by atoms with E-state index in [0.29, 0.717) is 24.2 Å². The zero-order valence-electron chi connectivity index (χ0n) is 15.3. The van der Waals surface area contributed by atoms with E-state index in [1.165, 1.54) is 34.6 Å². The maximum absolute atomic E-state index is 13.0. The third-order valence-electron chi connectivity index (χ3n) is 4.62. The molecule has 1 fully saturated rings. The lowest BCUT2D eigenvalue weighted by Crippen LogP contribution is -2.36. The Morgan fingerprint density at radius 2 is 1.86 bits per heavy atom. The summed E-state index contributed by atoms with van der Waals surface area (Å²) in [6.45, 7) is 2.66. The summed E-state index contributed by atoms with van der Waals surface area (Å²) < 4.78 is 32.7. The molecule has 2 aromatic carbocycles. The molecule has 8 heteroatoms. The fourth-order valence-electron chi connectivity index (χ4n) is 3.06. The lowest BCUT2D eigenvalue weighted by atomic mass is 10.1. The van der Waals surface area contributed by atoms with E-state index in [9.17, 15) is 13.2 Å². The number of esters is 1. The Balaban J connectivity index is 1.88. The van der Waals surface area contributed by atoms with Gasteiger partial charge in [-0.05, 0) is 55.7 Å². The van der Waals surface area contributed by atoms with Crippen molar-refractivity contribution in [2.75, 3.05) is 13.1 Å². The monoisotopic (exact) mass is 418 g/mol. The molecule has 146 valence electrons. The summed E-state index contributed by atoms with van der Waals surface area (Å²) in [5, 5.41) is 9.00. The summed E-state index contributed by atoms with van der Waals surface area (Å²) in [6.07, 6.45) is 2.68. The van der Waals surface area contributed by atoms with Gasteiger partial charge in [-0.2, -0.15) is 9.57 Å². The number of sulfonamides is 1. The summed E-state index contributed by atoms with van der Waals surface area (Å²) in [7, 11) is -3.68. The molecule has 0 unspecified atom stereocenters. The van der Waals surface area contributed by atoms with E-state index >= 15 is 0 Å². The van der Waals surface area contributed by atoms with Crippen LogP contribution in [0.4, 0.5) is 0 Å². The molecule has 0 atom stereocenters. The first-order valence-corrected chi connectivity index (χ1v) is 10.7. The standard InChI is InChI=1S/C20H19ClN2O4S/c1-14-5-7-16(12-19(14)28(25,26)23-9-3-2-4-10-23)20(24)27-18-8-6-15(13-22)11-17(18)21/h5-8,11-12H,2-4,9-10H2,1H3. The summed E-state index contributed by atoms with van der Waals surface area (Å²) >= 11 is 6.04. The van der Waals surface area contributed by atoms with Crippen LogP contribution in [0.15, 0.2) is 41.3 Å². The number of carbonyl (C=O) groups is 1. The average molecular weight is 419 g/mol. The van der Waals surface area contributed by atoms with Crippen molar-refractivity contribution in [2.24, 2.45) is 0 Å². The minimum absolute atomic E-state index is 0.103. The third kappa shape index (κ3) is 4.20. The fourth-order valence-corrected chi connectivity index (χ4v) is 5.05. The third-order valence-corrected chi connectivity index (χ3v) is 6.96. The van der Waals surface area contributed by atoms with Gasteiger partial charge in [0.25, 0.3) is 0 Å². The van der Waals surface area contributed by atoms with Crippen LogP contribution in [0, 0.1) is 18.3 Å². The first-order valence-electron chi connectivity index (χ1n) is 8.85. The Morgan fingerprint density at radius 3 is 2.50 bits per heavy atom. The molecular formula is C20H19ClN2O4S. The molecule has 0 saturated carbocycles. The van der Waals surface area contributed by atoms with E-state index in [-0.39, 0.29) is 21.2 Å². The average Bonchev–Trinajstić information content (AvgIpc) is 2.70. The lowest BCUT2D eigenvalue weighted by Gasteiger charge is -2.26. The number of hydrogen-bond acceptors (Lipinski definition) is 5. The van der Waals surface area contributed by atoms with Crippen LogP contribution in [0.2, 0.25) is 5.02 Å². The Hall–Kier alpha value is -2.40. The van der Waals surface area contributed by atoms with Crippen LogP contribution in [0.1, 0.15) is 40.7 Å². The van der Waals surface area contributed by atoms with Crippen LogP contribution >= 0.6 is 11.6 Å². The van der Waals surface area contributed by atoms with E-state index in [1.54, 1.807) is 13.0 Å². The molecule has 0 aliphatic carbocycles. The second-order valence-corrected chi connectivity index (χ2v) is 8.91. The van der Waals surface area contributed by atoms with Crippen molar-refractivity contribution in [1.29, 1.82) is 5.26 Å². The van der Waals surface area contributed by atoms with Crippen molar-refractivity contribution in [3.63, 3.8) is 0 Å². The van der Waals surface area contributed by atoms with Gasteiger partial charge in [0.15, 0.2) is 0 Å². The minimum Gasteiger partial charge on any atom is -0.421 e. The minimum atomic E-state index is -3.68. The van der Waals surface area contributed by atoms with Gasteiger partial charge in [0.05, 0.1) is 27.1 Å². The molecule has 1 heterocycles. The predicted octanol–water partition coefficient (Wildman–Crippen LogP) is 3.91. The quantitative estimate of drug-likeness (QED) is 0.554. The number of hydrogen-bond donors (Lipinski definition) is 0. The van der Waals surface area contributed by atoms with E-state index in [4.69, 9.17) is 21.6 Å². The first-order chi connectivity index (χ1) is 13.3. The molecule has 0 spiro atoms. The highest BCUT2D eigenvalue weighted by Gasteiger charge is 2.28. The fraction of sp³-hybridized carbons (Fsp3) is 0.300.